The third kappa shape index (κ3) is 4.86. The molecule has 6 unspecified atom stereocenters. The second kappa shape index (κ2) is 11.3. The monoisotopic (exact) mass is 609 g/mol. The number of hydrogen-bond acceptors (Lipinski definition) is 3. The zero-order valence-corrected chi connectivity index (χ0v) is 27.6. The minimum atomic E-state index is -0.869. The van der Waals surface area contributed by atoms with Crippen molar-refractivity contribution in [2.45, 2.75) is 91.5 Å². The number of allylic oxidation sites excluding steroid dienone is 2. The first-order chi connectivity index (χ1) is 21.6. The normalized spacial score (nSPS) is 36.4. The van der Waals surface area contributed by atoms with E-state index in [1.54, 1.807) is 19.2 Å². The van der Waals surface area contributed by atoms with Crippen LogP contribution < -0.4 is 10.1 Å². The fraction of sp³-hybridized carbons (Fsp3) is 0.600. The number of aromatic carboxylic acids is 1. The lowest BCUT2D eigenvalue weighted by Crippen LogP contribution is -2.58. The van der Waals surface area contributed by atoms with Gasteiger partial charge in [-0.05, 0) is 145 Å². The maximum Gasteiger partial charge on any atom is 0.335 e. The van der Waals surface area contributed by atoms with E-state index >= 15 is 0 Å². The summed E-state index contributed by atoms with van der Waals surface area (Å²) in [4.78, 5) is 25.4. The van der Waals surface area contributed by atoms with Gasteiger partial charge in [0.2, 0.25) is 5.91 Å². The van der Waals surface area contributed by atoms with E-state index in [1.807, 2.05) is 24.3 Å². The minimum absolute atomic E-state index is 0.0364. The van der Waals surface area contributed by atoms with Gasteiger partial charge in [-0.3, -0.25) is 4.79 Å². The second-order valence-corrected chi connectivity index (χ2v) is 16.0. The van der Waals surface area contributed by atoms with E-state index in [9.17, 15) is 14.7 Å². The smallest absolute Gasteiger partial charge is 0.335 e. The Balaban J connectivity index is 1.08. The molecular formula is C40H51NO4. The molecule has 0 spiro atoms. The van der Waals surface area contributed by atoms with E-state index in [0.717, 1.165) is 48.3 Å². The molecule has 1 amide bonds. The summed E-state index contributed by atoms with van der Waals surface area (Å²) in [5.41, 5.74) is 4.18. The number of fused-ring (bicyclic) bond motifs is 7. The Kier molecular flexibility index (Phi) is 7.69. The molecule has 0 aromatic heterocycles. The standard InChI is InChI=1S/C40H51NO4/c1-38(2)32(26-9-11-27(12-10-26)36(42)43)20-22-39(3)33-17-15-31-29(30(33)16-18-35(38)39)19-23-40(21-5-6-34(31)40)37(44)41-24-25-7-13-28(45-4)14-8-25/h7-14,20,29-31,33-35H,5-6,15-19,21-24H2,1-4H3,(H,41,44)(H,42,43)/t29?,30?,31?,33?,34?,35?,39-,40+/m1/s1. The van der Waals surface area contributed by atoms with E-state index in [2.05, 4.69) is 44.3 Å². The van der Waals surface area contributed by atoms with E-state index in [1.165, 1.54) is 56.1 Å². The summed E-state index contributed by atoms with van der Waals surface area (Å²) >= 11 is 0. The molecule has 2 aromatic rings. The van der Waals surface area contributed by atoms with Gasteiger partial charge in [0.25, 0.3) is 0 Å². The number of methoxy groups -OCH3 is 1. The van der Waals surface area contributed by atoms with Crippen molar-refractivity contribution in [3.05, 3.63) is 71.3 Å². The lowest BCUT2D eigenvalue weighted by molar-refractivity contribution is -0.151. The predicted molar refractivity (Wildman–Crippen MR) is 178 cm³/mol. The molecule has 45 heavy (non-hydrogen) atoms. The molecule has 0 saturated heterocycles. The Morgan fingerprint density at radius 3 is 2.27 bits per heavy atom. The van der Waals surface area contributed by atoms with Crippen molar-refractivity contribution >= 4 is 17.4 Å². The molecule has 0 heterocycles. The van der Waals surface area contributed by atoms with Gasteiger partial charge in [0.15, 0.2) is 0 Å². The minimum Gasteiger partial charge on any atom is -0.497 e. The summed E-state index contributed by atoms with van der Waals surface area (Å²) in [5, 5.41) is 12.8. The van der Waals surface area contributed by atoms with Crippen LogP contribution in [0.4, 0.5) is 0 Å². The van der Waals surface area contributed by atoms with Crippen LogP contribution in [0.15, 0.2) is 54.6 Å². The maximum absolute atomic E-state index is 14.0. The lowest BCUT2D eigenvalue weighted by Gasteiger charge is -2.64. The van der Waals surface area contributed by atoms with Crippen LogP contribution in [0.25, 0.3) is 5.57 Å². The first-order valence-electron chi connectivity index (χ1n) is 17.5. The summed E-state index contributed by atoms with van der Waals surface area (Å²) in [6.07, 6.45) is 14.5. The number of ether oxygens (including phenoxy) is 1. The zero-order chi connectivity index (χ0) is 31.6. The van der Waals surface area contributed by atoms with E-state index in [-0.39, 0.29) is 16.2 Å². The number of carboxylic acids is 1. The first-order valence-corrected chi connectivity index (χ1v) is 17.5. The number of nitrogens with one attached hydrogen (secondary N) is 1. The molecule has 0 aliphatic heterocycles. The largest absolute Gasteiger partial charge is 0.497 e. The molecule has 5 aliphatic carbocycles. The Labute approximate surface area is 269 Å². The van der Waals surface area contributed by atoms with Crippen LogP contribution in [0.3, 0.4) is 0 Å². The number of hydrogen-bond donors (Lipinski definition) is 2. The van der Waals surface area contributed by atoms with Gasteiger partial charge in [0.05, 0.1) is 18.1 Å². The molecule has 240 valence electrons. The van der Waals surface area contributed by atoms with Crippen molar-refractivity contribution in [2.24, 2.45) is 51.8 Å². The molecule has 0 bridgehead atoms. The first kappa shape index (κ1) is 30.6. The molecule has 7 rings (SSSR count). The molecule has 2 aromatic carbocycles. The summed E-state index contributed by atoms with van der Waals surface area (Å²) in [6, 6.07) is 15.6. The molecule has 0 radical (unpaired) electrons. The molecule has 4 saturated carbocycles. The van der Waals surface area contributed by atoms with Crippen LogP contribution in [0.1, 0.15) is 106 Å². The molecule has 5 nitrogen and oxygen atoms in total. The molecular weight excluding hydrogens is 558 g/mol. The maximum atomic E-state index is 14.0. The Hall–Kier alpha value is -3.08. The molecule has 5 heteroatoms. The van der Waals surface area contributed by atoms with Gasteiger partial charge in [-0.15, -0.1) is 0 Å². The number of rotatable bonds is 6. The van der Waals surface area contributed by atoms with Gasteiger partial charge in [-0.2, -0.15) is 0 Å². The fourth-order valence-corrected chi connectivity index (χ4v) is 12.0. The summed E-state index contributed by atoms with van der Waals surface area (Å²) in [5.74, 6) is 4.37. The number of benzene rings is 2. The van der Waals surface area contributed by atoms with E-state index in [4.69, 9.17) is 4.74 Å². The summed E-state index contributed by atoms with van der Waals surface area (Å²) in [7, 11) is 1.68. The number of carbonyl (C=O) groups excluding carboxylic acids is 1. The van der Waals surface area contributed by atoms with E-state index < -0.39 is 5.97 Å². The second-order valence-electron chi connectivity index (χ2n) is 16.0. The molecule has 5 aliphatic rings. The van der Waals surface area contributed by atoms with Crippen LogP contribution in [-0.4, -0.2) is 24.1 Å². The Bertz CT molecular complexity index is 1470. The third-order valence-electron chi connectivity index (χ3n) is 14.0. The summed E-state index contributed by atoms with van der Waals surface area (Å²) in [6.45, 7) is 8.07. The Morgan fingerprint density at radius 2 is 1.56 bits per heavy atom. The van der Waals surface area contributed by atoms with Gasteiger partial charge in [0, 0.05) is 6.54 Å². The van der Waals surface area contributed by atoms with Crippen LogP contribution >= 0.6 is 0 Å². The summed E-state index contributed by atoms with van der Waals surface area (Å²) < 4.78 is 5.31. The highest BCUT2D eigenvalue weighted by atomic mass is 16.5. The molecule has 8 atom stereocenters. The number of carbonyl (C=O) groups is 2. The highest BCUT2D eigenvalue weighted by Gasteiger charge is 2.62. The highest BCUT2D eigenvalue weighted by molar-refractivity contribution is 5.88. The van der Waals surface area contributed by atoms with Gasteiger partial charge in [-0.25, -0.2) is 4.79 Å². The lowest BCUT2D eigenvalue weighted by atomic mass is 9.40. The van der Waals surface area contributed by atoms with Crippen molar-refractivity contribution in [3.63, 3.8) is 0 Å². The molecule has 4 fully saturated rings. The van der Waals surface area contributed by atoms with Crippen LogP contribution in [0.2, 0.25) is 0 Å². The SMILES string of the molecule is COc1ccc(CNC(=O)[C@]23CCCC2C2CCC4C(CCC5C(C)(C)C(c6ccc(C(=O)O)cc6)=CC[C@]45C)C2CC3)cc1. The van der Waals surface area contributed by atoms with Crippen molar-refractivity contribution in [3.8, 4) is 5.75 Å². The van der Waals surface area contributed by atoms with Gasteiger partial charge < -0.3 is 15.2 Å². The van der Waals surface area contributed by atoms with Crippen LogP contribution in [0, 0.1) is 51.8 Å². The third-order valence-corrected chi connectivity index (χ3v) is 14.0. The van der Waals surface area contributed by atoms with Crippen molar-refractivity contribution < 1.29 is 19.4 Å². The number of amides is 1. The number of carboxylic acid groups (broad SMARTS) is 1. The average molecular weight is 610 g/mol. The fourth-order valence-electron chi connectivity index (χ4n) is 12.0. The zero-order valence-electron chi connectivity index (χ0n) is 27.6. The quantitative estimate of drug-likeness (QED) is 0.343. The van der Waals surface area contributed by atoms with Gasteiger partial charge >= 0.3 is 5.97 Å². The van der Waals surface area contributed by atoms with Crippen molar-refractivity contribution in [2.75, 3.05) is 7.11 Å². The topological polar surface area (TPSA) is 75.6 Å². The van der Waals surface area contributed by atoms with Gasteiger partial charge in [0.1, 0.15) is 5.75 Å². The van der Waals surface area contributed by atoms with Crippen molar-refractivity contribution in [1.29, 1.82) is 0 Å². The van der Waals surface area contributed by atoms with Crippen molar-refractivity contribution in [1.82, 2.24) is 5.32 Å². The predicted octanol–water partition coefficient (Wildman–Crippen LogP) is 8.78. The van der Waals surface area contributed by atoms with Crippen LogP contribution in [0.5, 0.6) is 5.75 Å². The van der Waals surface area contributed by atoms with E-state index in [0.29, 0.717) is 35.8 Å². The van der Waals surface area contributed by atoms with Crippen LogP contribution in [-0.2, 0) is 11.3 Å². The highest BCUT2D eigenvalue weighted by Crippen LogP contribution is 2.69. The molecule has 2 N–H and O–H groups in total. The Morgan fingerprint density at radius 1 is 0.844 bits per heavy atom. The van der Waals surface area contributed by atoms with Gasteiger partial charge in [-0.1, -0.05) is 57.5 Å². The average Bonchev–Trinajstić information content (AvgIpc) is 3.49.